The Morgan fingerprint density at radius 1 is 1.23 bits per heavy atom. The maximum absolute atomic E-state index is 11.7. The molecule has 0 atom stereocenters. The first-order valence-corrected chi connectivity index (χ1v) is 5.42. The molecule has 2 nitrogen and oxygen atoms in total. The maximum atomic E-state index is 11.7. The first kappa shape index (κ1) is 9.04. The molecule has 0 heterocycles. The molecule has 2 rings (SSSR count). The highest BCUT2D eigenvalue weighted by atomic mass is 16.5. The Balaban J connectivity index is 1.87. The molecule has 74 valence electrons. The summed E-state index contributed by atoms with van der Waals surface area (Å²) < 4.78 is 5.43. The summed E-state index contributed by atoms with van der Waals surface area (Å²) in [5.74, 6) is 0.0645. The van der Waals surface area contributed by atoms with Gasteiger partial charge in [0.2, 0.25) is 0 Å². The van der Waals surface area contributed by atoms with Crippen LogP contribution in [0.5, 0.6) is 0 Å². The molecule has 0 aliphatic heterocycles. The monoisotopic (exact) mass is 182 g/mol. The standard InChI is InChI=1S/C11H18O2/c1-11(7-2-3-8-11)10(12)13-9-5-4-6-9/h9H,2-8H2,1H3. The zero-order chi connectivity index (χ0) is 9.31. The SMILES string of the molecule is CC1(C(=O)OC2CCC2)CCCC1. The summed E-state index contributed by atoms with van der Waals surface area (Å²) in [7, 11) is 0. The van der Waals surface area contributed by atoms with Crippen LogP contribution in [0.2, 0.25) is 0 Å². The van der Waals surface area contributed by atoms with Crippen molar-refractivity contribution in [2.75, 3.05) is 0 Å². The molecule has 0 saturated heterocycles. The fourth-order valence-corrected chi connectivity index (χ4v) is 2.14. The zero-order valence-electron chi connectivity index (χ0n) is 8.34. The molecule has 0 radical (unpaired) electrons. The molecule has 0 aromatic carbocycles. The third-order valence-corrected chi connectivity index (χ3v) is 3.53. The van der Waals surface area contributed by atoms with Crippen molar-refractivity contribution in [2.24, 2.45) is 5.41 Å². The van der Waals surface area contributed by atoms with E-state index < -0.39 is 0 Å². The van der Waals surface area contributed by atoms with Crippen molar-refractivity contribution in [3.63, 3.8) is 0 Å². The van der Waals surface area contributed by atoms with Crippen molar-refractivity contribution in [3.05, 3.63) is 0 Å². The molecule has 2 aliphatic carbocycles. The van der Waals surface area contributed by atoms with Crippen LogP contribution in [0, 0.1) is 5.41 Å². The Bertz CT molecular complexity index is 200. The third kappa shape index (κ3) is 1.72. The summed E-state index contributed by atoms with van der Waals surface area (Å²) >= 11 is 0. The van der Waals surface area contributed by atoms with Gasteiger partial charge in [0, 0.05) is 0 Å². The molecular formula is C11H18O2. The molecule has 0 aromatic rings. The normalized spacial score (nSPS) is 26.8. The minimum atomic E-state index is -0.143. The number of ether oxygens (including phenoxy) is 1. The van der Waals surface area contributed by atoms with Crippen molar-refractivity contribution in [2.45, 2.75) is 58.0 Å². The molecule has 2 aliphatic rings. The van der Waals surface area contributed by atoms with Crippen LogP contribution in [0.1, 0.15) is 51.9 Å². The van der Waals surface area contributed by atoms with Gasteiger partial charge in [0.05, 0.1) is 5.41 Å². The molecule has 0 unspecified atom stereocenters. The Morgan fingerprint density at radius 3 is 2.31 bits per heavy atom. The molecule has 0 spiro atoms. The van der Waals surface area contributed by atoms with Gasteiger partial charge in [0.25, 0.3) is 0 Å². The summed E-state index contributed by atoms with van der Waals surface area (Å²) in [5, 5.41) is 0. The lowest BCUT2D eigenvalue weighted by Gasteiger charge is -2.30. The van der Waals surface area contributed by atoms with E-state index >= 15 is 0 Å². The van der Waals surface area contributed by atoms with E-state index in [9.17, 15) is 4.79 Å². The van der Waals surface area contributed by atoms with E-state index in [1.165, 1.54) is 19.3 Å². The lowest BCUT2D eigenvalue weighted by Crippen LogP contribution is -2.33. The minimum absolute atomic E-state index is 0.0645. The highest BCUT2D eigenvalue weighted by Crippen LogP contribution is 2.39. The van der Waals surface area contributed by atoms with Crippen LogP contribution in [0.3, 0.4) is 0 Å². The summed E-state index contributed by atoms with van der Waals surface area (Å²) in [6.07, 6.45) is 8.09. The van der Waals surface area contributed by atoms with Gasteiger partial charge in [-0.1, -0.05) is 12.8 Å². The summed E-state index contributed by atoms with van der Waals surface area (Å²) in [5.41, 5.74) is -0.143. The minimum Gasteiger partial charge on any atom is -0.462 e. The molecule has 2 saturated carbocycles. The van der Waals surface area contributed by atoms with Gasteiger partial charge in [-0.25, -0.2) is 0 Å². The lowest BCUT2D eigenvalue weighted by molar-refractivity contribution is -0.164. The quantitative estimate of drug-likeness (QED) is 0.614. The third-order valence-electron chi connectivity index (χ3n) is 3.53. The Kier molecular flexibility index (Phi) is 2.31. The first-order valence-electron chi connectivity index (χ1n) is 5.42. The van der Waals surface area contributed by atoms with Crippen molar-refractivity contribution < 1.29 is 9.53 Å². The van der Waals surface area contributed by atoms with Gasteiger partial charge in [-0.05, 0) is 39.0 Å². The van der Waals surface area contributed by atoms with Crippen LogP contribution < -0.4 is 0 Å². The molecule has 0 bridgehead atoms. The van der Waals surface area contributed by atoms with E-state index in [0.29, 0.717) is 0 Å². The van der Waals surface area contributed by atoms with Crippen molar-refractivity contribution >= 4 is 5.97 Å². The van der Waals surface area contributed by atoms with Gasteiger partial charge in [-0.3, -0.25) is 4.79 Å². The average molecular weight is 182 g/mol. The predicted octanol–water partition coefficient (Wildman–Crippen LogP) is 2.66. The fourth-order valence-electron chi connectivity index (χ4n) is 2.14. The fraction of sp³-hybridized carbons (Fsp3) is 0.909. The number of carbonyl (C=O) groups excluding carboxylic acids is 1. The van der Waals surface area contributed by atoms with Crippen LogP contribution in [-0.4, -0.2) is 12.1 Å². The van der Waals surface area contributed by atoms with Gasteiger partial charge < -0.3 is 4.74 Å². The van der Waals surface area contributed by atoms with Crippen molar-refractivity contribution in [3.8, 4) is 0 Å². The van der Waals surface area contributed by atoms with E-state index in [0.717, 1.165) is 25.7 Å². The second-order valence-corrected chi connectivity index (χ2v) is 4.73. The lowest BCUT2D eigenvalue weighted by atomic mass is 9.88. The van der Waals surface area contributed by atoms with Crippen LogP contribution in [-0.2, 0) is 9.53 Å². The molecule has 2 heteroatoms. The highest BCUT2D eigenvalue weighted by molar-refractivity contribution is 5.76. The molecule has 0 aromatic heterocycles. The number of hydrogen-bond acceptors (Lipinski definition) is 2. The Labute approximate surface area is 79.7 Å². The first-order chi connectivity index (χ1) is 6.21. The van der Waals surface area contributed by atoms with Gasteiger partial charge in [0.1, 0.15) is 6.10 Å². The summed E-state index contributed by atoms with van der Waals surface area (Å²) in [6, 6.07) is 0. The number of carbonyl (C=O) groups is 1. The van der Waals surface area contributed by atoms with E-state index in [2.05, 4.69) is 6.92 Å². The molecule has 0 amide bonds. The van der Waals surface area contributed by atoms with Crippen molar-refractivity contribution in [1.82, 2.24) is 0 Å². The van der Waals surface area contributed by atoms with Crippen LogP contribution in [0.25, 0.3) is 0 Å². The molecule has 13 heavy (non-hydrogen) atoms. The highest BCUT2D eigenvalue weighted by Gasteiger charge is 2.39. The second kappa shape index (κ2) is 3.32. The second-order valence-electron chi connectivity index (χ2n) is 4.73. The summed E-state index contributed by atoms with van der Waals surface area (Å²) in [4.78, 5) is 11.7. The summed E-state index contributed by atoms with van der Waals surface area (Å²) in [6.45, 7) is 2.06. The largest absolute Gasteiger partial charge is 0.462 e. The van der Waals surface area contributed by atoms with E-state index in [-0.39, 0.29) is 17.5 Å². The van der Waals surface area contributed by atoms with Crippen LogP contribution in [0.15, 0.2) is 0 Å². The van der Waals surface area contributed by atoms with Gasteiger partial charge in [-0.2, -0.15) is 0 Å². The van der Waals surface area contributed by atoms with Gasteiger partial charge in [0.15, 0.2) is 0 Å². The van der Waals surface area contributed by atoms with Gasteiger partial charge >= 0.3 is 5.97 Å². The number of esters is 1. The van der Waals surface area contributed by atoms with Crippen LogP contribution in [0.4, 0.5) is 0 Å². The molecule has 2 fully saturated rings. The van der Waals surface area contributed by atoms with E-state index in [1.807, 2.05) is 0 Å². The van der Waals surface area contributed by atoms with Crippen LogP contribution >= 0.6 is 0 Å². The average Bonchev–Trinajstić information content (AvgIpc) is 2.45. The Morgan fingerprint density at radius 2 is 1.85 bits per heavy atom. The van der Waals surface area contributed by atoms with Gasteiger partial charge in [-0.15, -0.1) is 0 Å². The molecule has 0 N–H and O–H groups in total. The van der Waals surface area contributed by atoms with Crippen molar-refractivity contribution in [1.29, 1.82) is 0 Å². The predicted molar refractivity (Wildman–Crippen MR) is 50.3 cm³/mol. The molecular weight excluding hydrogens is 164 g/mol. The number of rotatable bonds is 2. The smallest absolute Gasteiger partial charge is 0.312 e. The number of hydrogen-bond donors (Lipinski definition) is 0. The van der Waals surface area contributed by atoms with E-state index in [1.54, 1.807) is 0 Å². The zero-order valence-corrected chi connectivity index (χ0v) is 8.34. The maximum Gasteiger partial charge on any atom is 0.312 e. The van der Waals surface area contributed by atoms with E-state index in [4.69, 9.17) is 4.74 Å². The topological polar surface area (TPSA) is 26.3 Å². The Hall–Kier alpha value is -0.530.